The van der Waals surface area contributed by atoms with Crippen LogP contribution in [0.1, 0.15) is 44.6 Å². The highest BCUT2D eigenvalue weighted by atomic mass is 35.5. The van der Waals surface area contributed by atoms with Gasteiger partial charge in [0.1, 0.15) is 28.0 Å². The van der Waals surface area contributed by atoms with Crippen molar-refractivity contribution >= 4 is 39.2 Å². The molecule has 0 bridgehead atoms. The van der Waals surface area contributed by atoms with E-state index in [1.807, 2.05) is 11.8 Å². The third-order valence-corrected chi connectivity index (χ3v) is 9.86. The number of methoxy groups -OCH3 is 1. The van der Waals surface area contributed by atoms with Crippen LogP contribution in [0.4, 0.5) is 10.2 Å². The second kappa shape index (κ2) is 11.2. The van der Waals surface area contributed by atoms with Crippen LogP contribution in [0, 0.1) is 18.2 Å². The summed E-state index contributed by atoms with van der Waals surface area (Å²) in [7, 11) is 1.48. The Morgan fingerprint density at radius 2 is 2.09 bits per heavy atom. The Bertz CT molecular complexity index is 1730. The van der Waals surface area contributed by atoms with Crippen molar-refractivity contribution in [2.75, 3.05) is 51.5 Å². The number of H-pyrrole nitrogens is 1. The number of hydrogen-bond acceptors (Lipinski definition) is 10. The first-order chi connectivity index (χ1) is 21.2. The number of β-amino-alcohol motifs (C(OH)–C–C–N with tert-alkyl or cyclic N) is 1. The Morgan fingerprint density at radius 3 is 2.93 bits per heavy atom. The Morgan fingerprint density at radius 1 is 1.25 bits per heavy atom. The molecule has 1 saturated carbocycles. The summed E-state index contributed by atoms with van der Waals surface area (Å²) in [6.07, 6.45) is 7.06. The minimum atomic E-state index is -1.16. The lowest BCUT2D eigenvalue weighted by molar-refractivity contribution is -0.0123. The van der Waals surface area contributed by atoms with Crippen molar-refractivity contribution in [1.82, 2.24) is 30.5 Å². The van der Waals surface area contributed by atoms with Gasteiger partial charge in [-0.25, -0.2) is 9.37 Å². The maximum Gasteiger partial charge on any atom is 0.319 e. The van der Waals surface area contributed by atoms with E-state index in [1.165, 1.54) is 7.11 Å². The maximum atomic E-state index is 16.9. The van der Waals surface area contributed by atoms with Crippen molar-refractivity contribution in [2.24, 2.45) is 5.41 Å². The predicted octanol–water partition coefficient (Wildman–Crippen LogP) is 4.57. The van der Waals surface area contributed by atoms with Gasteiger partial charge >= 0.3 is 6.01 Å². The first-order valence-corrected chi connectivity index (χ1v) is 15.6. The highest BCUT2D eigenvalue weighted by Gasteiger charge is 2.45. The number of hydrogen-bond donors (Lipinski definition) is 3. The summed E-state index contributed by atoms with van der Waals surface area (Å²) >= 11 is 6.57. The monoisotopic (exact) mass is 625 g/mol. The fourth-order valence-electron chi connectivity index (χ4n) is 7.29. The molecule has 3 atom stereocenters. The summed E-state index contributed by atoms with van der Waals surface area (Å²) < 4.78 is 34.8. The smallest absolute Gasteiger partial charge is 0.319 e. The average molecular weight is 626 g/mol. The van der Waals surface area contributed by atoms with Crippen LogP contribution in [0.2, 0.25) is 5.02 Å². The van der Waals surface area contributed by atoms with Gasteiger partial charge < -0.3 is 29.5 Å². The molecule has 11 nitrogen and oxygen atoms in total. The van der Waals surface area contributed by atoms with Gasteiger partial charge in [-0.15, -0.1) is 0 Å². The van der Waals surface area contributed by atoms with Gasteiger partial charge in [0.05, 0.1) is 45.2 Å². The summed E-state index contributed by atoms with van der Waals surface area (Å²) in [6.45, 7) is 6.08. The summed E-state index contributed by atoms with van der Waals surface area (Å²) in [4.78, 5) is 16.1. The highest BCUT2D eigenvalue weighted by Crippen LogP contribution is 2.45. The summed E-state index contributed by atoms with van der Waals surface area (Å²) in [6, 6.07) is 2.20. The zero-order valence-corrected chi connectivity index (χ0v) is 25.9. The number of benzene rings is 1. The van der Waals surface area contributed by atoms with Gasteiger partial charge in [-0.1, -0.05) is 18.0 Å². The number of nitrogens with one attached hydrogen (secondary N) is 2. The van der Waals surface area contributed by atoms with Crippen molar-refractivity contribution < 1.29 is 23.7 Å². The molecule has 3 aliphatic rings. The number of fused-ring (bicyclic) bond motifs is 3. The molecule has 44 heavy (non-hydrogen) atoms. The van der Waals surface area contributed by atoms with Gasteiger partial charge in [-0.05, 0) is 57.7 Å². The third kappa shape index (κ3) is 5.01. The lowest BCUT2D eigenvalue weighted by atomic mass is 9.76. The van der Waals surface area contributed by atoms with Gasteiger partial charge in [0, 0.05) is 34.0 Å². The van der Waals surface area contributed by atoms with E-state index in [2.05, 4.69) is 25.5 Å². The van der Waals surface area contributed by atoms with E-state index in [0.717, 1.165) is 38.6 Å². The van der Waals surface area contributed by atoms with Crippen molar-refractivity contribution in [3.8, 4) is 23.1 Å². The first-order valence-electron chi connectivity index (χ1n) is 15.2. The Balaban J connectivity index is 1.42. The summed E-state index contributed by atoms with van der Waals surface area (Å²) in [5, 5.41) is 23.2. The molecule has 3 fully saturated rings. The van der Waals surface area contributed by atoms with Crippen molar-refractivity contribution in [2.45, 2.75) is 57.6 Å². The minimum absolute atomic E-state index is 0.00918. The molecule has 234 valence electrons. The Labute approximate surface area is 259 Å². The molecule has 5 heterocycles. The number of aliphatic hydroxyl groups is 1. The van der Waals surface area contributed by atoms with Crippen LogP contribution in [-0.4, -0.2) is 88.5 Å². The molecule has 2 saturated heterocycles. The second-order valence-corrected chi connectivity index (χ2v) is 13.1. The van der Waals surface area contributed by atoms with Crippen LogP contribution in [0.15, 0.2) is 12.3 Å². The van der Waals surface area contributed by atoms with Crippen LogP contribution in [0.25, 0.3) is 33.1 Å². The standard InChI is InChI=1S/C31H37ClFN7O4/c1-17-19(32)12-20-18(13-35-39-20)22(17)25-24(33)26-23(28(36-25)42-3)27(40-10-11-43-15-30(2,41)14-40)38-29(37-26)44-16-31-7-4-6-21(31)34-9-5-8-31/h12-13,21,34,41H,4-11,14-16H2,1-3H3,(H,35,39)/t21-,30+,31-/m1/s1. The quantitative estimate of drug-likeness (QED) is 0.280. The third-order valence-electron chi connectivity index (χ3n) is 9.47. The van der Waals surface area contributed by atoms with E-state index in [0.29, 0.717) is 58.7 Å². The number of piperidine rings is 1. The fourth-order valence-corrected chi connectivity index (χ4v) is 7.49. The number of rotatable bonds is 6. The van der Waals surface area contributed by atoms with Gasteiger partial charge in [0.2, 0.25) is 5.88 Å². The predicted molar refractivity (Wildman–Crippen MR) is 165 cm³/mol. The molecule has 2 aliphatic heterocycles. The molecule has 0 unspecified atom stereocenters. The van der Waals surface area contributed by atoms with E-state index in [-0.39, 0.29) is 47.1 Å². The number of pyridine rings is 1. The van der Waals surface area contributed by atoms with Crippen LogP contribution >= 0.6 is 11.6 Å². The normalized spacial score (nSPS) is 25.8. The SMILES string of the molecule is COc1nc(-c2c(C)c(Cl)cc3[nH]ncc23)c(F)c2nc(OC[C@@]34CCCN[C@@H]3CCC4)nc(N3CCOC[C@@](C)(O)C3)c12. The summed E-state index contributed by atoms with van der Waals surface area (Å²) in [5.74, 6) is -0.148. The van der Waals surface area contributed by atoms with E-state index < -0.39 is 11.4 Å². The van der Waals surface area contributed by atoms with Gasteiger partial charge in [-0.2, -0.15) is 15.1 Å². The highest BCUT2D eigenvalue weighted by molar-refractivity contribution is 6.33. The number of nitrogens with zero attached hydrogens (tertiary/aromatic N) is 5. The number of aromatic amines is 1. The molecule has 0 radical (unpaired) electrons. The Kier molecular flexibility index (Phi) is 7.51. The number of aromatic nitrogens is 5. The van der Waals surface area contributed by atoms with Crippen molar-refractivity contribution in [3.63, 3.8) is 0 Å². The van der Waals surface area contributed by atoms with E-state index in [9.17, 15) is 5.11 Å². The van der Waals surface area contributed by atoms with Crippen LogP contribution in [0.3, 0.4) is 0 Å². The molecule has 0 amide bonds. The average Bonchev–Trinajstić information content (AvgIpc) is 3.61. The van der Waals surface area contributed by atoms with Gasteiger partial charge in [-0.3, -0.25) is 5.10 Å². The van der Waals surface area contributed by atoms with Crippen molar-refractivity contribution in [3.05, 3.63) is 28.7 Å². The van der Waals surface area contributed by atoms with E-state index in [1.54, 1.807) is 19.2 Å². The second-order valence-electron chi connectivity index (χ2n) is 12.7. The molecular formula is C31H37ClFN7O4. The van der Waals surface area contributed by atoms with Crippen molar-refractivity contribution in [1.29, 1.82) is 0 Å². The molecule has 3 N–H and O–H groups in total. The molecule has 7 rings (SSSR count). The molecular weight excluding hydrogens is 589 g/mol. The van der Waals surface area contributed by atoms with E-state index in [4.69, 9.17) is 30.8 Å². The lowest BCUT2D eigenvalue weighted by Crippen LogP contribution is -2.49. The van der Waals surface area contributed by atoms with Gasteiger partial charge in [0.25, 0.3) is 0 Å². The van der Waals surface area contributed by atoms with Crippen LogP contribution in [0.5, 0.6) is 11.9 Å². The number of halogens is 2. The lowest BCUT2D eigenvalue weighted by Gasteiger charge is -2.39. The first kappa shape index (κ1) is 29.4. The topological polar surface area (TPSA) is 131 Å². The molecule has 1 aliphatic carbocycles. The number of anilines is 1. The Hall–Kier alpha value is -3.32. The largest absolute Gasteiger partial charge is 0.480 e. The van der Waals surface area contributed by atoms with Crippen LogP contribution in [-0.2, 0) is 4.74 Å². The zero-order chi connectivity index (χ0) is 30.6. The molecule has 3 aromatic heterocycles. The van der Waals surface area contributed by atoms with Gasteiger partial charge in [0.15, 0.2) is 5.82 Å². The minimum Gasteiger partial charge on any atom is -0.480 e. The van der Waals surface area contributed by atoms with E-state index >= 15 is 4.39 Å². The fraction of sp³-hybridized carbons (Fsp3) is 0.548. The molecule has 1 aromatic carbocycles. The molecule has 4 aromatic rings. The maximum absolute atomic E-state index is 16.9. The molecule has 13 heteroatoms. The zero-order valence-electron chi connectivity index (χ0n) is 25.2. The number of ether oxygens (including phenoxy) is 3. The van der Waals surface area contributed by atoms with Crippen LogP contribution < -0.4 is 19.7 Å². The molecule has 0 spiro atoms. The summed E-state index contributed by atoms with van der Waals surface area (Å²) in [5.41, 5.74) is 0.665.